The van der Waals surface area contributed by atoms with Gasteiger partial charge in [-0.3, -0.25) is 9.78 Å². The first-order valence-electron chi connectivity index (χ1n) is 7.54. The quantitative estimate of drug-likeness (QED) is 0.572. The Labute approximate surface area is 146 Å². The van der Waals surface area contributed by atoms with Gasteiger partial charge in [-0.2, -0.15) is 18.3 Å². The summed E-state index contributed by atoms with van der Waals surface area (Å²) in [5.41, 5.74) is 2.63. The number of hydrazone groups is 1. The highest BCUT2D eigenvalue weighted by atomic mass is 19.4. The van der Waals surface area contributed by atoms with Gasteiger partial charge < -0.3 is 4.57 Å². The lowest BCUT2D eigenvalue weighted by Crippen LogP contribution is -2.19. The van der Waals surface area contributed by atoms with Crippen molar-refractivity contribution >= 4 is 12.1 Å². The van der Waals surface area contributed by atoms with Crippen LogP contribution in [0.4, 0.5) is 13.2 Å². The highest BCUT2D eigenvalue weighted by Gasteiger charge is 2.30. The Morgan fingerprint density at radius 3 is 2.69 bits per heavy atom. The van der Waals surface area contributed by atoms with Gasteiger partial charge in [-0.05, 0) is 42.5 Å². The Morgan fingerprint density at radius 2 is 1.96 bits per heavy atom. The van der Waals surface area contributed by atoms with E-state index in [-0.39, 0.29) is 5.69 Å². The van der Waals surface area contributed by atoms with E-state index in [0.29, 0.717) is 11.4 Å². The van der Waals surface area contributed by atoms with Crippen molar-refractivity contribution in [2.75, 3.05) is 0 Å². The first-order chi connectivity index (χ1) is 12.4. The van der Waals surface area contributed by atoms with E-state index in [1.54, 1.807) is 36.5 Å². The Balaban J connectivity index is 1.78. The molecule has 0 fully saturated rings. The van der Waals surface area contributed by atoms with Gasteiger partial charge >= 0.3 is 6.18 Å². The van der Waals surface area contributed by atoms with E-state index in [0.717, 1.165) is 12.1 Å². The number of halogens is 3. The smallest absolute Gasteiger partial charge is 0.316 e. The van der Waals surface area contributed by atoms with Gasteiger partial charge in [-0.25, -0.2) is 5.43 Å². The molecule has 0 aliphatic rings. The lowest BCUT2D eigenvalue weighted by molar-refractivity contribution is -0.137. The average molecular weight is 358 g/mol. The maximum Gasteiger partial charge on any atom is 0.416 e. The van der Waals surface area contributed by atoms with Crippen LogP contribution in [0.3, 0.4) is 0 Å². The van der Waals surface area contributed by atoms with Crippen LogP contribution in [0.5, 0.6) is 0 Å². The average Bonchev–Trinajstić information content (AvgIpc) is 3.10. The summed E-state index contributed by atoms with van der Waals surface area (Å²) >= 11 is 0. The van der Waals surface area contributed by atoms with Crippen LogP contribution < -0.4 is 5.43 Å². The third-order valence-electron chi connectivity index (χ3n) is 3.49. The Bertz CT molecular complexity index is 933. The zero-order chi connectivity index (χ0) is 18.6. The molecule has 0 spiro atoms. The van der Waals surface area contributed by atoms with E-state index in [4.69, 9.17) is 0 Å². The van der Waals surface area contributed by atoms with Crippen LogP contribution in [-0.2, 0) is 6.18 Å². The first-order valence-corrected chi connectivity index (χ1v) is 7.54. The lowest BCUT2D eigenvalue weighted by Gasteiger charge is -2.11. The maximum atomic E-state index is 12.9. The van der Waals surface area contributed by atoms with E-state index in [1.165, 1.54) is 29.1 Å². The molecule has 1 aromatic carbocycles. The van der Waals surface area contributed by atoms with Gasteiger partial charge in [0.1, 0.15) is 5.69 Å². The van der Waals surface area contributed by atoms with Crippen LogP contribution in [0.1, 0.15) is 21.7 Å². The number of nitrogens with one attached hydrogen (secondary N) is 1. The molecule has 0 radical (unpaired) electrons. The summed E-state index contributed by atoms with van der Waals surface area (Å²) in [5, 5.41) is 3.84. The van der Waals surface area contributed by atoms with Gasteiger partial charge in [0, 0.05) is 18.1 Å². The van der Waals surface area contributed by atoms with Crippen molar-refractivity contribution in [1.29, 1.82) is 0 Å². The summed E-state index contributed by atoms with van der Waals surface area (Å²) in [5.74, 6) is -0.487. The predicted molar refractivity (Wildman–Crippen MR) is 90.1 cm³/mol. The molecule has 5 nitrogen and oxygen atoms in total. The van der Waals surface area contributed by atoms with Crippen molar-refractivity contribution in [2.45, 2.75) is 6.18 Å². The summed E-state index contributed by atoms with van der Waals surface area (Å²) in [6, 6.07) is 13.2. The molecular weight excluding hydrogens is 345 g/mol. The fourth-order valence-corrected chi connectivity index (χ4v) is 2.28. The van der Waals surface area contributed by atoms with Crippen molar-refractivity contribution in [1.82, 2.24) is 15.0 Å². The minimum absolute atomic E-state index is 0.206. The Kier molecular flexibility index (Phi) is 4.83. The van der Waals surface area contributed by atoms with Crippen LogP contribution in [0, 0.1) is 0 Å². The number of hydrogen-bond donors (Lipinski definition) is 1. The van der Waals surface area contributed by atoms with Crippen molar-refractivity contribution in [3.05, 3.63) is 83.9 Å². The van der Waals surface area contributed by atoms with E-state index in [2.05, 4.69) is 15.5 Å². The number of pyridine rings is 1. The second-order valence-electron chi connectivity index (χ2n) is 5.27. The minimum atomic E-state index is -4.42. The highest BCUT2D eigenvalue weighted by Crippen LogP contribution is 2.30. The van der Waals surface area contributed by atoms with Crippen LogP contribution in [0.15, 0.2) is 72.1 Å². The molecule has 2 heterocycles. The zero-order valence-electron chi connectivity index (χ0n) is 13.3. The van der Waals surface area contributed by atoms with Crippen LogP contribution in [-0.4, -0.2) is 21.7 Å². The number of hydrogen-bond acceptors (Lipinski definition) is 3. The van der Waals surface area contributed by atoms with Crippen molar-refractivity contribution in [3.63, 3.8) is 0 Å². The predicted octanol–water partition coefficient (Wildman–Crippen LogP) is 3.66. The molecule has 2 aromatic heterocycles. The SMILES string of the molecule is O=C(N/N=C\c1cccn1-c1cccc(C(F)(F)F)c1)c1ccccn1. The standard InChI is InChI=1S/C18H13F3N4O/c19-18(20,21)13-5-3-6-14(11-13)25-10-4-7-15(25)12-23-24-17(26)16-8-1-2-9-22-16/h1-12H,(H,24,26)/b23-12-. The van der Waals surface area contributed by atoms with Crippen LogP contribution >= 0.6 is 0 Å². The maximum absolute atomic E-state index is 12.9. The summed E-state index contributed by atoms with van der Waals surface area (Å²) in [7, 11) is 0. The van der Waals surface area contributed by atoms with Gasteiger partial charge in [-0.1, -0.05) is 12.1 Å². The van der Waals surface area contributed by atoms with Crippen molar-refractivity contribution in [2.24, 2.45) is 5.10 Å². The van der Waals surface area contributed by atoms with E-state index in [9.17, 15) is 18.0 Å². The highest BCUT2D eigenvalue weighted by molar-refractivity contribution is 5.92. The third-order valence-corrected chi connectivity index (χ3v) is 3.49. The van der Waals surface area contributed by atoms with Gasteiger partial charge in [0.05, 0.1) is 17.5 Å². The molecule has 0 aliphatic carbocycles. The van der Waals surface area contributed by atoms with Crippen LogP contribution in [0.25, 0.3) is 5.69 Å². The molecule has 0 aliphatic heterocycles. The number of aromatic nitrogens is 2. The number of rotatable bonds is 4. The molecule has 26 heavy (non-hydrogen) atoms. The minimum Gasteiger partial charge on any atom is -0.316 e. The molecule has 3 aromatic rings. The number of alkyl halides is 3. The molecule has 0 unspecified atom stereocenters. The molecule has 0 saturated carbocycles. The fraction of sp³-hybridized carbons (Fsp3) is 0.0556. The summed E-state index contributed by atoms with van der Waals surface area (Å²) < 4.78 is 40.2. The fourth-order valence-electron chi connectivity index (χ4n) is 2.28. The normalized spacial score (nSPS) is 11.7. The van der Waals surface area contributed by atoms with E-state index < -0.39 is 17.6 Å². The topological polar surface area (TPSA) is 59.3 Å². The monoisotopic (exact) mass is 358 g/mol. The summed E-state index contributed by atoms with van der Waals surface area (Å²) in [6.45, 7) is 0. The largest absolute Gasteiger partial charge is 0.416 e. The number of benzene rings is 1. The Morgan fingerprint density at radius 1 is 1.12 bits per heavy atom. The zero-order valence-corrected chi connectivity index (χ0v) is 13.3. The molecule has 8 heteroatoms. The lowest BCUT2D eigenvalue weighted by atomic mass is 10.2. The molecule has 3 rings (SSSR count). The van der Waals surface area contributed by atoms with Gasteiger partial charge in [-0.15, -0.1) is 0 Å². The number of nitrogens with zero attached hydrogens (tertiary/aromatic N) is 3. The van der Waals surface area contributed by atoms with Crippen LogP contribution in [0.2, 0.25) is 0 Å². The molecule has 132 valence electrons. The summed E-state index contributed by atoms with van der Waals surface area (Å²) in [6.07, 6.45) is 0.0179. The summed E-state index contributed by atoms with van der Waals surface area (Å²) in [4.78, 5) is 15.8. The number of amides is 1. The van der Waals surface area contributed by atoms with Gasteiger partial charge in [0.2, 0.25) is 0 Å². The molecule has 1 N–H and O–H groups in total. The number of carbonyl (C=O) groups is 1. The molecule has 0 bridgehead atoms. The molecule has 0 saturated heterocycles. The van der Waals surface area contributed by atoms with Gasteiger partial charge in [0.25, 0.3) is 5.91 Å². The second-order valence-corrected chi connectivity index (χ2v) is 5.27. The molecular formula is C18H13F3N4O. The van der Waals surface area contributed by atoms with Gasteiger partial charge in [0.15, 0.2) is 0 Å². The Hall–Kier alpha value is -3.42. The van der Waals surface area contributed by atoms with Crippen molar-refractivity contribution < 1.29 is 18.0 Å². The molecule has 0 atom stereocenters. The van der Waals surface area contributed by atoms with Crippen molar-refractivity contribution in [3.8, 4) is 5.69 Å². The first kappa shape index (κ1) is 17.4. The number of carbonyl (C=O) groups excluding carboxylic acids is 1. The van der Waals surface area contributed by atoms with E-state index in [1.807, 2.05) is 0 Å². The molecule has 1 amide bonds. The third kappa shape index (κ3) is 3.97. The van der Waals surface area contributed by atoms with E-state index >= 15 is 0 Å². The second kappa shape index (κ2) is 7.22.